The summed E-state index contributed by atoms with van der Waals surface area (Å²) in [5.74, 6) is 2.20. The van der Waals surface area contributed by atoms with Crippen LogP contribution in [0.25, 0.3) is 0 Å². The van der Waals surface area contributed by atoms with Gasteiger partial charge >= 0.3 is 0 Å². The summed E-state index contributed by atoms with van der Waals surface area (Å²) in [5.41, 5.74) is 8.90. The first-order valence-corrected chi connectivity index (χ1v) is 6.60. The monoisotopic (exact) mass is 249 g/mol. The van der Waals surface area contributed by atoms with Gasteiger partial charge in [-0.3, -0.25) is 0 Å². The van der Waals surface area contributed by atoms with Gasteiger partial charge in [-0.2, -0.15) is 0 Å². The van der Waals surface area contributed by atoms with Gasteiger partial charge in [0, 0.05) is 29.5 Å². The lowest BCUT2D eigenvalue weighted by atomic mass is 9.88. The second kappa shape index (κ2) is 4.35. The fraction of sp³-hybridized carbons (Fsp3) is 0.571. The predicted octanol–water partition coefficient (Wildman–Crippen LogP) is 1.71. The summed E-state index contributed by atoms with van der Waals surface area (Å²) in [7, 11) is 0. The largest absolute Gasteiger partial charge is 0.504 e. The summed E-state index contributed by atoms with van der Waals surface area (Å²) in [6.07, 6.45) is 2.54. The predicted molar refractivity (Wildman–Crippen MR) is 68.6 cm³/mol. The zero-order chi connectivity index (χ0) is 12.7. The van der Waals surface area contributed by atoms with Gasteiger partial charge in [-0.15, -0.1) is 0 Å². The molecule has 0 fully saturated rings. The maximum absolute atomic E-state index is 10.2. The van der Waals surface area contributed by atoms with Gasteiger partial charge in [0.25, 0.3) is 0 Å². The molecule has 0 amide bonds. The van der Waals surface area contributed by atoms with E-state index in [9.17, 15) is 5.11 Å². The third kappa shape index (κ3) is 1.56. The fourth-order valence-corrected chi connectivity index (χ4v) is 3.04. The van der Waals surface area contributed by atoms with Crippen LogP contribution in [0, 0.1) is 0 Å². The first-order valence-electron chi connectivity index (χ1n) is 6.60. The van der Waals surface area contributed by atoms with E-state index in [0.717, 1.165) is 36.1 Å². The first kappa shape index (κ1) is 11.7. The molecule has 1 aromatic rings. The third-order valence-electron chi connectivity index (χ3n) is 3.91. The number of nitrogens with two attached hydrogens (primary N) is 1. The average molecular weight is 249 g/mol. The summed E-state index contributed by atoms with van der Waals surface area (Å²) in [6.45, 7) is 4.12. The van der Waals surface area contributed by atoms with E-state index < -0.39 is 0 Å². The number of benzene rings is 1. The molecule has 0 radical (unpaired) electrons. The van der Waals surface area contributed by atoms with E-state index in [4.69, 9.17) is 15.2 Å². The number of ether oxygens (including phenoxy) is 2. The number of fused-ring (bicyclic) bond motifs is 2. The minimum absolute atomic E-state index is 0.290. The Morgan fingerprint density at radius 1 is 1.17 bits per heavy atom. The lowest BCUT2D eigenvalue weighted by Crippen LogP contribution is -2.08. The summed E-state index contributed by atoms with van der Waals surface area (Å²) >= 11 is 0. The zero-order valence-corrected chi connectivity index (χ0v) is 10.7. The number of hydrogen-bond donors (Lipinski definition) is 2. The molecule has 0 aliphatic carbocycles. The van der Waals surface area contributed by atoms with Crippen molar-refractivity contribution in [2.75, 3.05) is 19.8 Å². The molecule has 0 aromatic heterocycles. The Hall–Kier alpha value is -1.42. The highest BCUT2D eigenvalue weighted by Gasteiger charge is 2.32. The highest BCUT2D eigenvalue weighted by molar-refractivity contribution is 5.65. The quantitative estimate of drug-likeness (QED) is 0.856. The van der Waals surface area contributed by atoms with E-state index in [2.05, 4.69) is 6.92 Å². The van der Waals surface area contributed by atoms with Crippen LogP contribution >= 0.6 is 0 Å². The van der Waals surface area contributed by atoms with E-state index in [1.54, 1.807) is 0 Å². The van der Waals surface area contributed by atoms with Crippen LogP contribution in [0.5, 0.6) is 17.2 Å². The van der Waals surface area contributed by atoms with Crippen molar-refractivity contribution < 1.29 is 14.6 Å². The van der Waals surface area contributed by atoms with Crippen molar-refractivity contribution in [3.05, 3.63) is 16.7 Å². The van der Waals surface area contributed by atoms with Crippen LogP contribution in [-0.4, -0.2) is 24.9 Å². The first-order chi connectivity index (χ1) is 8.74. The Labute approximate surface area is 107 Å². The van der Waals surface area contributed by atoms with Crippen LogP contribution in [0.2, 0.25) is 0 Å². The summed E-state index contributed by atoms with van der Waals surface area (Å²) in [4.78, 5) is 0. The molecule has 1 atom stereocenters. The molecule has 1 unspecified atom stereocenters. The third-order valence-corrected chi connectivity index (χ3v) is 3.91. The lowest BCUT2D eigenvalue weighted by molar-refractivity contribution is 0.333. The topological polar surface area (TPSA) is 64.7 Å². The SMILES string of the molecule is CC(CCN)c1c2c(c(O)c3c1OCC3)OCC2. The molecule has 0 bridgehead atoms. The van der Waals surface area contributed by atoms with Crippen LogP contribution in [0.4, 0.5) is 0 Å². The lowest BCUT2D eigenvalue weighted by Gasteiger charge is -2.19. The summed E-state index contributed by atoms with van der Waals surface area (Å²) in [5, 5.41) is 10.2. The molecule has 18 heavy (non-hydrogen) atoms. The van der Waals surface area contributed by atoms with E-state index in [1.807, 2.05) is 0 Å². The van der Waals surface area contributed by atoms with Crippen molar-refractivity contribution in [1.82, 2.24) is 0 Å². The molecule has 2 aliphatic rings. The smallest absolute Gasteiger partial charge is 0.165 e. The fourth-order valence-electron chi connectivity index (χ4n) is 3.04. The molecule has 98 valence electrons. The van der Waals surface area contributed by atoms with Crippen molar-refractivity contribution in [2.45, 2.75) is 32.1 Å². The van der Waals surface area contributed by atoms with Crippen molar-refractivity contribution in [2.24, 2.45) is 5.73 Å². The number of phenolic OH excluding ortho intramolecular Hbond substituents is 1. The van der Waals surface area contributed by atoms with Gasteiger partial charge in [0.05, 0.1) is 13.2 Å². The molecular weight excluding hydrogens is 230 g/mol. The molecule has 2 aliphatic heterocycles. The molecular formula is C14H19NO3. The Bertz CT molecular complexity index is 449. The molecule has 1 aromatic carbocycles. The highest BCUT2D eigenvalue weighted by atomic mass is 16.5. The molecule has 3 rings (SSSR count). The van der Waals surface area contributed by atoms with E-state index in [0.29, 0.717) is 37.2 Å². The van der Waals surface area contributed by atoms with Crippen LogP contribution in [0.3, 0.4) is 0 Å². The molecule has 4 heteroatoms. The van der Waals surface area contributed by atoms with Crippen LogP contribution in [-0.2, 0) is 12.8 Å². The second-order valence-corrected chi connectivity index (χ2v) is 5.05. The maximum Gasteiger partial charge on any atom is 0.165 e. The van der Waals surface area contributed by atoms with Crippen LogP contribution in [0.15, 0.2) is 0 Å². The molecule has 4 nitrogen and oxygen atoms in total. The van der Waals surface area contributed by atoms with Gasteiger partial charge < -0.3 is 20.3 Å². The second-order valence-electron chi connectivity index (χ2n) is 5.05. The Morgan fingerprint density at radius 3 is 2.56 bits per heavy atom. The van der Waals surface area contributed by atoms with Gasteiger partial charge in [-0.05, 0) is 18.9 Å². The number of phenols is 1. The van der Waals surface area contributed by atoms with Gasteiger partial charge in [0.1, 0.15) is 5.75 Å². The normalized spacial score (nSPS) is 17.9. The standard InChI is InChI=1S/C14H19NO3/c1-8(2-5-15)11-9-3-6-18-14(9)12(16)10-4-7-17-13(10)11/h8,16H,2-7,15H2,1H3. The molecule has 3 N–H and O–H groups in total. The number of hydrogen-bond acceptors (Lipinski definition) is 4. The summed E-state index contributed by atoms with van der Waals surface area (Å²) in [6, 6.07) is 0. The van der Waals surface area contributed by atoms with Gasteiger partial charge in [-0.1, -0.05) is 6.92 Å². The van der Waals surface area contributed by atoms with Crippen molar-refractivity contribution >= 4 is 0 Å². The molecule has 2 heterocycles. The van der Waals surface area contributed by atoms with Crippen molar-refractivity contribution in [3.8, 4) is 17.2 Å². The number of aromatic hydroxyl groups is 1. The van der Waals surface area contributed by atoms with Crippen LogP contribution in [0.1, 0.15) is 36.0 Å². The molecule has 0 saturated carbocycles. The zero-order valence-electron chi connectivity index (χ0n) is 10.7. The Balaban J connectivity index is 2.18. The molecule has 0 spiro atoms. The number of rotatable bonds is 3. The van der Waals surface area contributed by atoms with Gasteiger partial charge in [0.2, 0.25) is 0 Å². The average Bonchev–Trinajstić information content (AvgIpc) is 2.97. The van der Waals surface area contributed by atoms with Gasteiger partial charge in [-0.25, -0.2) is 0 Å². The van der Waals surface area contributed by atoms with Crippen LogP contribution < -0.4 is 15.2 Å². The maximum atomic E-state index is 10.2. The van der Waals surface area contributed by atoms with Gasteiger partial charge in [0.15, 0.2) is 11.5 Å². The van der Waals surface area contributed by atoms with E-state index in [-0.39, 0.29) is 0 Å². The highest BCUT2D eigenvalue weighted by Crippen LogP contribution is 2.50. The Kier molecular flexibility index (Phi) is 2.82. The van der Waals surface area contributed by atoms with Crippen molar-refractivity contribution in [3.63, 3.8) is 0 Å². The minimum atomic E-state index is 0.290. The van der Waals surface area contributed by atoms with Crippen molar-refractivity contribution in [1.29, 1.82) is 0 Å². The van der Waals surface area contributed by atoms with E-state index in [1.165, 1.54) is 5.56 Å². The van der Waals surface area contributed by atoms with E-state index >= 15 is 0 Å². The molecule has 0 saturated heterocycles. The Morgan fingerprint density at radius 2 is 1.83 bits per heavy atom. The minimum Gasteiger partial charge on any atom is -0.504 e. The summed E-state index contributed by atoms with van der Waals surface area (Å²) < 4.78 is 11.3.